The van der Waals surface area contributed by atoms with Gasteiger partial charge in [0.2, 0.25) is 0 Å². The molecule has 0 saturated carbocycles. The van der Waals surface area contributed by atoms with Gasteiger partial charge in [0.05, 0.1) is 21.6 Å². The summed E-state index contributed by atoms with van der Waals surface area (Å²) in [5.74, 6) is 0.807. The smallest absolute Gasteiger partial charge is 0.189 e. The van der Waals surface area contributed by atoms with E-state index in [1.807, 2.05) is 7.05 Å². The summed E-state index contributed by atoms with van der Waals surface area (Å²) in [5.41, 5.74) is 1.38. The van der Waals surface area contributed by atoms with E-state index in [1.54, 1.807) is 33.9 Å². The Morgan fingerprint density at radius 2 is 1.88 bits per heavy atom. The Morgan fingerprint density at radius 3 is 2.62 bits per heavy atom. The summed E-state index contributed by atoms with van der Waals surface area (Å²) in [5, 5.41) is 10.4. The van der Waals surface area contributed by atoms with Gasteiger partial charge in [-0.3, -0.25) is 4.68 Å². The minimum absolute atomic E-state index is 0.102. The molecule has 0 radical (unpaired) electrons. The SMILES string of the molecule is Cn1ncc2c1ncn1nc(COc3c(Cl)cc(Cl)cc3Cl)nc21. The normalized spacial score (nSPS) is 11.5. The summed E-state index contributed by atoms with van der Waals surface area (Å²) in [6, 6.07) is 3.12. The van der Waals surface area contributed by atoms with Crippen LogP contribution in [-0.4, -0.2) is 29.4 Å². The quantitative estimate of drug-likeness (QED) is 0.541. The highest BCUT2D eigenvalue weighted by atomic mass is 35.5. The van der Waals surface area contributed by atoms with E-state index in [9.17, 15) is 0 Å². The van der Waals surface area contributed by atoms with Crippen LogP contribution in [0.2, 0.25) is 15.1 Å². The Balaban J connectivity index is 1.67. The second kappa shape index (κ2) is 5.77. The molecule has 4 rings (SSSR count). The largest absolute Gasteiger partial charge is 0.482 e. The number of hydrogen-bond donors (Lipinski definition) is 0. The predicted molar refractivity (Wildman–Crippen MR) is 90.9 cm³/mol. The highest BCUT2D eigenvalue weighted by Crippen LogP contribution is 2.36. The first-order chi connectivity index (χ1) is 11.5. The molecule has 0 aliphatic carbocycles. The highest BCUT2D eigenvalue weighted by Gasteiger charge is 2.14. The molecule has 1 aromatic carbocycles. The van der Waals surface area contributed by atoms with Crippen molar-refractivity contribution in [3.8, 4) is 5.75 Å². The maximum absolute atomic E-state index is 6.10. The number of halogens is 3. The van der Waals surface area contributed by atoms with Gasteiger partial charge in [0.15, 0.2) is 22.9 Å². The molecule has 0 atom stereocenters. The maximum Gasteiger partial charge on any atom is 0.189 e. The van der Waals surface area contributed by atoms with Gasteiger partial charge in [-0.2, -0.15) is 5.10 Å². The van der Waals surface area contributed by atoms with Crippen LogP contribution < -0.4 is 4.74 Å². The van der Waals surface area contributed by atoms with Crippen molar-refractivity contribution < 1.29 is 4.74 Å². The van der Waals surface area contributed by atoms with E-state index in [-0.39, 0.29) is 6.61 Å². The van der Waals surface area contributed by atoms with E-state index >= 15 is 0 Å². The molecule has 3 aromatic heterocycles. The number of nitrogens with zero attached hydrogens (tertiary/aromatic N) is 6. The van der Waals surface area contributed by atoms with E-state index in [0.29, 0.717) is 32.3 Å². The van der Waals surface area contributed by atoms with Crippen molar-refractivity contribution in [3.05, 3.63) is 45.5 Å². The Bertz CT molecular complexity index is 1050. The zero-order valence-corrected chi connectivity index (χ0v) is 14.5. The van der Waals surface area contributed by atoms with Crippen molar-refractivity contribution in [1.29, 1.82) is 0 Å². The molecule has 0 bridgehead atoms. The van der Waals surface area contributed by atoms with Gasteiger partial charge in [-0.15, -0.1) is 5.10 Å². The number of hydrogen-bond acceptors (Lipinski definition) is 5. The first kappa shape index (κ1) is 15.4. The highest BCUT2D eigenvalue weighted by molar-refractivity contribution is 6.40. The van der Waals surface area contributed by atoms with Gasteiger partial charge in [-0.05, 0) is 12.1 Å². The molecule has 0 spiro atoms. The van der Waals surface area contributed by atoms with Crippen molar-refractivity contribution >= 4 is 51.5 Å². The lowest BCUT2D eigenvalue weighted by Gasteiger charge is -2.08. The van der Waals surface area contributed by atoms with Crippen molar-refractivity contribution in [2.24, 2.45) is 7.05 Å². The Hall–Kier alpha value is -2.09. The minimum Gasteiger partial charge on any atom is -0.482 e. The van der Waals surface area contributed by atoms with E-state index in [2.05, 4.69) is 20.2 Å². The third kappa shape index (κ3) is 2.54. The molecule has 122 valence electrons. The topological polar surface area (TPSA) is 70.1 Å². The summed E-state index contributed by atoms with van der Waals surface area (Å²) < 4.78 is 8.90. The standard InChI is InChI=1S/C14H9Cl3N6O/c1-22-13-8(4-19-22)14-20-11(21-23(14)6-18-13)5-24-12-9(16)2-7(15)3-10(12)17/h2-4,6H,5H2,1H3. The fourth-order valence-electron chi connectivity index (χ4n) is 2.35. The third-order valence-corrected chi connectivity index (χ3v) is 4.20. The Kier molecular flexibility index (Phi) is 3.71. The van der Waals surface area contributed by atoms with Crippen LogP contribution in [0.4, 0.5) is 0 Å². The monoisotopic (exact) mass is 382 g/mol. The Labute approximate surface area is 150 Å². The first-order valence-corrected chi connectivity index (χ1v) is 7.95. The van der Waals surface area contributed by atoms with Crippen LogP contribution >= 0.6 is 34.8 Å². The summed E-state index contributed by atoms with van der Waals surface area (Å²) in [4.78, 5) is 8.77. The molecule has 24 heavy (non-hydrogen) atoms. The lowest BCUT2D eigenvalue weighted by atomic mass is 10.3. The number of aromatic nitrogens is 6. The van der Waals surface area contributed by atoms with Gasteiger partial charge in [0.25, 0.3) is 0 Å². The van der Waals surface area contributed by atoms with Crippen LogP contribution in [-0.2, 0) is 13.7 Å². The van der Waals surface area contributed by atoms with Gasteiger partial charge >= 0.3 is 0 Å². The number of benzene rings is 1. The molecular weight excluding hydrogens is 375 g/mol. The lowest BCUT2D eigenvalue weighted by Crippen LogP contribution is -1.99. The molecule has 7 nitrogen and oxygen atoms in total. The van der Waals surface area contributed by atoms with E-state index in [0.717, 1.165) is 11.0 Å². The number of aryl methyl sites for hydroxylation is 1. The van der Waals surface area contributed by atoms with E-state index < -0.39 is 0 Å². The predicted octanol–water partition coefficient (Wildman–Crippen LogP) is 3.55. The molecule has 0 unspecified atom stereocenters. The Morgan fingerprint density at radius 1 is 1.12 bits per heavy atom. The number of ether oxygens (including phenoxy) is 1. The summed E-state index contributed by atoms with van der Waals surface area (Å²) in [7, 11) is 1.82. The van der Waals surface area contributed by atoms with E-state index in [4.69, 9.17) is 39.5 Å². The minimum atomic E-state index is 0.102. The average molecular weight is 384 g/mol. The fourth-order valence-corrected chi connectivity index (χ4v) is 3.27. The third-order valence-electron chi connectivity index (χ3n) is 3.42. The second-order valence-corrected chi connectivity index (χ2v) is 6.28. The van der Waals surface area contributed by atoms with Crippen LogP contribution in [0.15, 0.2) is 24.7 Å². The van der Waals surface area contributed by atoms with Crippen LogP contribution in [0.1, 0.15) is 5.82 Å². The van der Waals surface area contributed by atoms with Gasteiger partial charge < -0.3 is 4.74 Å². The van der Waals surface area contributed by atoms with Crippen LogP contribution in [0.5, 0.6) is 5.75 Å². The zero-order chi connectivity index (χ0) is 16.8. The van der Waals surface area contributed by atoms with Crippen molar-refractivity contribution in [3.63, 3.8) is 0 Å². The van der Waals surface area contributed by atoms with Gasteiger partial charge in [0.1, 0.15) is 12.9 Å². The molecule has 0 saturated heterocycles. The summed E-state index contributed by atoms with van der Waals surface area (Å²) in [6.07, 6.45) is 3.28. The lowest BCUT2D eigenvalue weighted by molar-refractivity contribution is 0.296. The number of fused-ring (bicyclic) bond motifs is 3. The fraction of sp³-hybridized carbons (Fsp3) is 0.143. The summed E-state index contributed by atoms with van der Waals surface area (Å²) >= 11 is 18.1. The van der Waals surface area contributed by atoms with Crippen LogP contribution in [0.25, 0.3) is 16.7 Å². The molecular formula is C14H9Cl3N6O. The molecule has 0 fully saturated rings. The van der Waals surface area contributed by atoms with Crippen LogP contribution in [0, 0.1) is 0 Å². The van der Waals surface area contributed by atoms with Crippen molar-refractivity contribution in [2.45, 2.75) is 6.61 Å². The molecule has 0 aliphatic rings. The molecule has 0 N–H and O–H groups in total. The molecule has 4 aromatic rings. The second-order valence-electron chi connectivity index (χ2n) is 5.03. The molecule has 3 heterocycles. The van der Waals surface area contributed by atoms with Gasteiger partial charge in [-0.1, -0.05) is 34.8 Å². The van der Waals surface area contributed by atoms with Crippen LogP contribution in [0.3, 0.4) is 0 Å². The van der Waals surface area contributed by atoms with Crippen molar-refractivity contribution in [2.75, 3.05) is 0 Å². The summed E-state index contributed by atoms with van der Waals surface area (Å²) in [6.45, 7) is 0.102. The maximum atomic E-state index is 6.10. The van der Waals surface area contributed by atoms with Gasteiger partial charge in [0, 0.05) is 12.1 Å². The zero-order valence-electron chi connectivity index (χ0n) is 12.2. The van der Waals surface area contributed by atoms with Gasteiger partial charge in [-0.25, -0.2) is 14.5 Å². The number of rotatable bonds is 3. The first-order valence-electron chi connectivity index (χ1n) is 6.82. The molecule has 10 heteroatoms. The van der Waals surface area contributed by atoms with Crippen molar-refractivity contribution in [1.82, 2.24) is 29.4 Å². The molecule has 0 amide bonds. The van der Waals surface area contributed by atoms with E-state index in [1.165, 1.54) is 0 Å². The molecule has 0 aliphatic heterocycles. The average Bonchev–Trinajstić information content (AvgIpc) is 3.09.